The van der Waals surface area contributed by atoms with Crippen molar-refractivity contribution in [3.8, 4) is 5.75 Å². The van der Waals surface area contributed by atoms with Gasteiger partial charge < -0.3 is 10.2 Å². The number of carbonyl (C=O) groups is 1. The molecule has 5 heteroatoms. The van der Waals surface area contributed by atoms with Crippen molar-refractivity contribution >= 4 is 17.0 Å². The molecule has 0 aliphatic carbocycles. The maximum Gasteiger partial charge on any atom is 0.416 e. The lowest BCUT2D eigenvalue weighted by Crippen LogP contribution is -2.14. The summed E-state index contributed by atoms with van der Waals surface area (Å²) in [6, 6.07) is 6.20. The Morgan fingerprint density at radius 2 is 1.93 bits per heavy atom. The molecule has 5 nitrogen and oxygen atoms in total. The number of carboxylic acid groups (broad SMARTS) is 1. The molecule has 0 bridgehead atoms. The van der Waals surface area contributed by atoms with Crippen molar-refractivity contribution in [3.63, 3.8) is 0 Å². The van der Waals surface area contributed by atoms with E-state index in [9.17, 15) is 14.7 Å². The smallest absolute Gasteiger partial charge is 0.416 e. The molecule has 15 heavy (non-hydrogen) atoms. The number of aromatic nitrogens is 1. The summed E-state index contributed by atoms with van der Waals surface area (Å²) >= 11 is 0. The molecular weight excluding hydrogens is 198 g/mol. The Bertz CT molecular complexity index is 600. The van der Waals surface area contributed by atoms with Gasteiger partial charge in [-0.1, -0.05) is 12.1 Å². The van der Waals surface area contributed by atoms with Crippen LogP contribution in [0.4, 0.5) is 4.79 Å². The molecule has 76 valence electrons. The van der Waals surface area contributed by atoms with Gasteiger partial charge in [0.25, 0.3) is 0 Å². The average Bonchev–Trinajstić information content (AvgIpc) is 2.23. The molecule has 0 fully saturated rings. The van der Waals surface area contributed by atoms with Crippen LogP contribution < -0.4 is 5.43 Å². The van der Waals surface area contributed by atoms with Gasteiger partial charge >= 0.3 is 6.09 Å². The van der Waals surface area contributed by atoms with E-state index in [0.717, 1.165) is 10.8 Å². The zero-order valence-corrected chi connectivity index (χ0v) is 7.54. The average molecular weight is 205 g/mol. The normalized spacial score (nSPS) is 10.4. The van der Waals surface area contributed by atoms with E-state index >= 15 is 0 Å². The van der Waals surface area contributed by atoms with Gasteiger partial charge in [0.1, 0.15) is 0 Å². The predicted octanol–water partition coefficient (Wildman–Crippen LogP) is 1.23. The number of hydrogen-bond acceptors (Lipinski definition) is 3. The van der Waals surface area contributed by atoms with Crippen LogP contribution in [0.15, 0.2) is 35.3 Å². The summed E-state index contributed by atoms with van der Waals surface area (Å²) in [6.07, 6.45) is -0.353. The Balaban J connectivity index is 3.01. The van der Waals surface area contributed by atoms with E-state index in [1.807, 2.05) is 0 Å². The van der Waals surface area contributed by atoms with Gasteiger partial charge in [-0.3, -0.25) is 4.79 Å². The zero-order valence-electron chi connectivity index (χ0n) is 7.54. The van der Waals surface area contributed by atoms with Gasteiger partial charge in [0.15, 0.2) is 5.75 Å². The highest BCUT2D eigenvalue weighted by Crippen LogP contribution is 2.13. The molecule has 0 aliphatic heterocycles. The molecule has 2 N–H and O–H groups in total. The standard InChI is InChI=1S/C10H7NO4/c12-8-5-11(10(14)15)7-4-2-1-3-6(7)9(8)13/h1-5,12H,(H,14,15). The second-order valence-electron chi connectivity index (χ2n) is 3.01. The van der Waals surface area contributed by atoms with Crippen LogP contribution in [-0.2, 0) is 0 Å². The van der Waals surface area contributed by atoms with Gasteiger partial charge in [0.2, 0.25) is 5.43 Å². The molecule has 1 aromatic carbocycles. The van der Waals surface area contributed by atoms with E-state index in [1.54, 1.807) is 12.1 Å². The molecule has 1 aromatic heterocycles. The summed E-state index contributed by atoms with van der Waals surface area (Å²) < 4.78 is 0.812. The predicted molar refractivity (Wildman–Crippen MR) is 53.3 cm³/mol. The third-order valence-corrected chi connectivity index (χ3v) is 2.10. The maximum absolute atomic E-state index is 11.4. The number of hydrogen-bond donors (Lipinski definition) is 2. The fourth-order valence-electron chi connectivity index (χ4n) is 1.42. The Morgan fingerprint density at radius 1 is 1.27 bits per heavy atom. The van der Waals surface area contributed by atoms with E-state index in [-0.39, 0.29) is 10.9 Å². The Labute approximate surface area is 83.8 Å². The van der Waals surface area contributed by atoms with E-state index in [2.05, 4.69) is 0 Å². The summed E-state index contributed by atoms with van der Waals surface area (Å²) in [4.78, 5) is 22.3. The number of rotatable bonds is 0. The van der Waals surface area contributed by atoms with Crippen LogP contribution >= 0.6 is 0 Å². The Kier molecular flexibility index (Phi) is 1.93. The summed E-state index contributed by atoms with van der Waals surface area (Å²) in [7, 11) is 0. The molecule has 0 aliphatic rings. The van der Waals surface area contributed by atoms with E-state index in [1.165, 1.54) is 12.1 Å². The lowest BCUT2D eigenvalue weighted by molar-refractivity contribution is 0.197. The quantitative estimate of drug-likeness (QED) is 0.677. The lowest BCUT2D eigenvalue weighted by atomic mass is 10.2. The first-order valence-electron chi connectivity index (χ1n) is 4.18. The first-order valence-corrected chi connectivity index (χ1v) is 4.18. The van der Waals surface area contributed by atoms with Gasteiger partial charge in [-0.05, 0) is 12.1 Å². The fraction of sp³-hybridized carbons (Fsp3) is 0. The van der Waals surface area contributed by atoms with Crippen molar-refractivity contribution in [2.75, 3.05) is 0 Å². The molecule has 0 radical (unpaired) electrons. The maximum atomic E-state index is 11.4. The van der Waals surface area contributed by atoms with E-state index in [0.29, 0.717) is 0 Å². The molecule has 0 saturated heterocycles. The molecule has 0 saturated carbocycles. The largest absolute Gasteiger partial charge is 0.503 e. The number of para-hydroxylation sites is 1. The van der Waals surface area contributed by atoms with Gasteiger partial charge in [-0.15, -0.1) is 0 Å². The number of fused-ring (bicyclic) bond motifs is 1. The van der Waals surface area contributed by atoms with Crippen LogP contribution in [0.2, 0.25) is 0 Å². The van der Waals surface area contributed by atoms with Gasteiger partial charge in [-0.2, -0.15) is 0 Å². The second kappa shape index (κ2) is 3.13. The molecular formula is C10H7NO4. The number of aromatic hydroxyl groups is 1. The van der Waals surface area contributed by atoms with Crippen molar-refractivity contribution in [2.45, 2.75) is 0 Å². The fourth-order valence-corrected chi connectivity index (χ4v) is 1.42. The van der Waals surface area contributed by atoms with Gasteiger partial charge in [0, 0.05) is 0 Å². The SMILES string of the molecule is O=C(O)n1cc(O)c(=O)c2ccccc21. The van der Waals surface area contributed by atoms with Crippen molar-refractivity contribution in [2.24, 2.45) is 0 Å². The van der Waals surface area contributed by atoms with Crippen LogP contribution in [0.1, 0.15) is 0 Å². The van der Waals surface area contributed by atoms with Crippen LogP contribution in [0, 0.1) is 0 Å². The molecule has 0 atom stereocenters. The lowest BCUT2D eigenvalue weighted by Gasteiger charge is -2.05. The summed E-state index contributed by atoms with van der Waals surface area (Å²) in [6.45, 7) is 0. The van der Waals surface area contributed by atoms with Crippen LogP contribution in [0.25, 0.3) is 10.9 Å². The topological polar surface area (TPSA) is 79.5 Å². The molecule has 0 amide bonds. The third-order valence-electron chi connectivity index (χ3n) is 2.10. The van der Waals surface area contributed by atoms with Gasteiger partial charge in [0.05, 0.1) is 17.1 Å². The van der Waals surface area contributed by atoms with Crippen molar-refractivity contribution in [1.29, 1.82) is 0 Å². The highest BCUT2D eigenvalue weighted by atomic mass is 16.4. The molecule has 0 unspecified atom stereocenters. The first-order chi connectivity index (χ1) is 7.11. The van der Waals surface area contributed by atoms with Crippen molar-refractivity contribution in [1.82, 2.24) is 4.57 Å². The summed E-state index contributed by atoms with van der Waals surface area (Å²) in [5, 5.41) is 18.3. The van der Waals surface area contributed by atoms with Crippen LogP contribution in [-0.4, -0.2) is 20.9 Å². The van der Waals surface area contributed by atoms with Crippen LogP contribution in [0.5, 0.6) is 5.75 Å². The molecule has 1 heterocycles. The second-order valence-corrected chi connectivity index (χ2v) is 3.01. The Hall–Kier alpha value is -2.30. The minimum atomic E-state index is -1.25. The van der Waals surface area contributed by atoms with Crippen LogP contribution in [0.3, 0.4) is 0 Å². The number of pyridine rings is 1. The minimum Gasteiger partial charge on any atom is -0.503 e. The van der Waals surface area contributed by atoms with Crippen molar-refractivity contribution < 1.29 is 15.0 Å². The van der Waals surface area contributed by atoms with Crippen molar-refractivity contribution in [3.05, 3.63) is 40.7 Å². The number of benzene rings is 1. The van der Waals surface area contributed by atoms with E-state index < -0.39 is 17.3 Å². The molecule has 2 rings (SSSR count). The van der Waals surface area contributed by atoms with Gasteiger partial charge in [-0.25, -0.2) is 9.36 Å². The first kappa shape index (κ1) is 9.26. The summed E-state index contributed by atoms with van der Waals surface area (Å²) in [5.41, 5.74) is -0.309. The Morgan fingerprint density at radius 3 is 2.60 bits per heavy atom. The third kappa shape index (κ3) is 1.34. The monoisotopic (exact) mass is 205 g/mol. The zero-order chi connectivity index (χ0) is 11.0. The van der Waals surface area contributed by atoms with E-state index in [4.69, 9.17) is 5.11 Å². The molecule has 2 aromatic rings. The summed E-state index contributed by atoms with van der Waals surface area (Å²) in [5.74, 6) is -0.573. The number of nitrogens with zero attached hydrogens (tertiary/aromatic N) is 1. The minimum absolute atomic E-state index is 0.180. The molecule has 0 spiro atoms. The highest BCUT2D eigenvalue weighted by molar-refractivity contribution is 5.88. The highest BCUT2D eigenvalue weighted by Gasteiger charge is 2.10.